The summed E-state index contributed by atoms with van der Waals surface area (Å²) in [5.41, 5.74) is 9.32. The number of nitrogens with zero attached hydrogens (tertiary/aromatic N) is 2. The molecule has 2 rings (SSSR count). The minimum Gasteiger partial charge on any atom is -0.389 e. The molecular formula is C13H14N4S. The van der Waals surface area contributed by atoms with Gasteiger partial charge < -0.3 is 11.1 Å². The van der Waals surface area contributed by atoms with Crippen molar-refractivity contribution in [2.24, 2.45) is 5.73 Å². The van der Waals surface area contributed by atoms with Crippen LogP contribution in [0.2, 0.25) is 0 Å². The number of rotatable bonds is 3. The van der Waals surface area contributed by atoms with Gasteiger partial charge in [-0.3, -0.25) is 4.98 Å². The van der Waals surface area contributed by atoms with E-state index in [1.807, 2.05) is 32.0 Å². The molecule has 92 valence electrons. The summed E-state index contributed by atoms with van der Waals surface area (Å²) in [6, 6.07) is 5.73. The molecule has 2 heterocycles. The second kappa shape index (κ2) is 5.10. The third-order valence-corrected chi connectivity index (χ3v) is 2.72. The Hall–Kier alpha value is -2.01. The Morgan fingerprint density at radius 1 is 1.39 bits per heavy atom. The summed E-state index contributed by atoms with van der Waals surface area (Å²) in [7, 11) is 0. The average Bonchev–Trinajstić information content (AvgIpc) is 2.28. The van der Waals surface area contributed by atoms with Gasteiger partial charge in [-0.05, 0) is 37.6 Å². The van der Waals surface area contributed by atoms with Crippen molar-refractivity contribution in [1.29, 1.82) is 0 Å². The Morgan fingerprint density at radius 3 is 2.78 bits per heavy atom. The van der Waals surface area contributed by atoms with Crippen molar-refractivity contribution in [3.63, 3.8) is 0 Å². The van der Waals surface area contributed by atoms with E-state index in [2.05, 4.69) is 15.3 Å². The third-order valence-electron chi connectivity index (χ3n) is 2.52. The zero-order valence-corrected chi connectivity index (χ0v) is 11.1. The van der Waals surface area contributed by atoms with E-state index in [4.69, 9.17) is 18.0 Å². The van der Waals surface area contributed by atoms with E-state index < -0.39 is 0 Å². The van der Waals surface area contributed by atoms with E-state index in [1.54, 1.807) is 12.4 Å². The Kier molecular flexibility index (Phi) is 3.53. The van der Waals surface area contributed by atoms with E-state index in [0.29, 0.717) is 10.8 Å². The molecular weight excluding hydrogens is 244 g/mol. The normalized spacial score (nSPS) is 10.1. The van der Waals surface area contributed by atoms with Gasteiger partial charge in [0.25, 0.3) is 0 Å². The number of pyridine rings is 2. The van der Waals surface area contributed by atoms with Crippen LogP contribution in [-0.2, 0) is 0 Å². The van der Waals surface area contributed by atoms with E-state index in [-0.39, 0.29) is 0 Å². The molecule has 5 heteroatoms. The highest BCUT2D eigenvalue weighted by Gasteiger charge is 2.11. The van der Waals surface area contributed by atoms with E-state index in [1.165, 1.54) is 0 Å². The van der Waals surface area contributed by atoms with Crippen LogP contribution in [0, 0.1) is 13.8 Å². The van der Waals surface area contributed by atoms with Gasteiger partial charge in [0.15, 0.2) is 0 Å². The number of thiocarbonyl (C=S) groups is 1. The average molecular weight is 258 g/mol. The summed E-state index contributed by atoms with van der Waals surface area (Å²) in [5, 5.41) is 3.19. The summed E-state index contributed by atoms with van der Waals surface area (Å²) in [6.45, 7) is 3.91. The fourth-order valence-corrected chi connectivity index (χ4v) is 2.07. The predicted molar refractivity (Wildman–Crippen MR) is 77.1 cm³/mol. The van der Waals surface area contributed by atoms with Gasteiger partial charge in [-0.25, -0.2) is 4.98 Å². The van der Waals surface area contributed by atoms with Crippen molar-refractivity contribution in [2.45, 2.75) is 13.8 Å². The van der Waals surface area contributed by atoms with Crippen LogP contribution in [0.3, 0.4) is 0 Å². The van der Waals surface area contributed by atoms with Gasteiger partial charge in [-0.15, -0.1) is 0 Å². The van der Waals surface area contributed by atoms with Crippen molar-refractivity contribution in [3.8, 4) is 0 Å². The first-order valence-electron chi connectivity index (χ1n) is 5.53. The van der Waals surface area contributed by atoms with Gasteiger partial charge in [-0.2, -0.15) is 0 Å². The maximum absolute atomic E-state index is 5.75. The molecule has 0 atom stereocenters. The second-order valence-electron chi connectivity index (χ2n) is 4.04. The highest BCUT2D eigenvalue weighted by atomic mass is 32.1. The first-order valence-corrected chi connectivity index (χ1v) is 5.94. The monoisotopic (exact) mass is 258 g/mol. The number of hydrogen-bond acceptors (Lipinski definition) is 4. The Balaban J connectivity index is 2.46. The highest BCUT2D eigenvalue weighted by Crippen LogP contribution is 2.22. The number of anilines is 2. The molecule has 0 saturated heterocycles. The molecule has 0 saturated carbocycles. The van der Waals surface area contributed by atoms with Gasteiger partial charge in [0.1, 0.15) is 10.8 Å². The Labute approximate surface area is 111 Å². The Bertz CT molecular complexity index is 581. The quantitative estimate of drug-likeness (QED) is 0.828. The van der Waals surface area contributed by atoms with Crippen LogP contribution in [0.5, 0.6) is 0 Å². The second-order valence-corrected chi connectivity index (χ2v) is 4.47. The van der Waals surface area contributed by atoms with Crippen LogP contribution < -0.4 is 11.1 Å². The molecule has 4 nitrogen and oxygen atoms in total. The van der Waals surface area contributed by atoms with Gasteiger partial charge in [-0.1, -0.05) is 12.2 Å². The molecule has 2 aromatic heterocycles. The summed E-state index contributed by atoms with van der Waals surface area (Å²) in [4.78, 5) is 8.83. The van der Waals surface area contributed by atoms with Crippen LogP contribution in [0.15, 0.2) is 30.6 Å². The van der Waals surface area contributed by atoms with Gasteiger partial charge >= 0.3 is 0 Å². The number of aromatic nitrogens is 2. The highest BCUT2D eigenvalue weighted by molar-refractivity contribution is 7.80. The van der Waals surface area contributed by atoms with E-state index in [9.17, 15) is 0 Å². The van der Waals surface area contributed by atoms with Crippen molar-refractivity contribution in [3.05, 3.63) is 47.4 Å². The molecule has 0 spiro atoms. The zero-order chi connectivity index (χ0) is 13.1. The molecule has 0 aliphatic heterocycles. The minimum atomic E-state index is 0.339. The molecule has 0 radical (unpaired) electrons. The van der Waals surface area contributed by atoms with Crippen LogP contribution in [-0.4, -0.2) is 15.0 Å². The molecule has 3 N–H and O–H groups in total. The summed E-state index contributed by atoms with van der Waals surface area (Å²) < 4.78 is 0. The summed E-state index contributed by atoms with van der Waals surface area (Å²) >= 11 is 5.08. The molecule has 0 aliphatic carbocycles. The van der Waals surface area contributed by atoms with Crippen LogP contribution in [0.25, 0.3) is 0 Å². The van der Waals surface area contributed by atoms with Crippen LogP contribution >= 0.6 is 12.2 Å². The topological polar surface area (TPSA) is 63.8 Å². The maximum Gasteiger partial charge on any atom is 0.141 e. The van der Waals surface area contributed by atoms with Crippen molar-refractivity contribution in [1.82, 2.24) is 9.97 Å². The first-order chi connectivity index (χ1) is 8.58. The summed E-state index contributed by atoms with van der Waals surface area (Å²) in [5.74, 6) is 0.674. The largest absolute Gasteiger partial charge is 0.389 e. The standard InChI is InChI=1S/C13H14N4S/c1-8-6-9(2)16-13(11(8)12(14)18)17-10-4-3-5-15-7-10/h3-7H,1-2H3,(H2,14,18)(H,16,17). The third kappa shape index (κ3) is 2.62. The Morgan fingerprint density at radius 2 is 2.17 bits per heavy atom. The molecule has 0 amide bonds. The molecule has 0 aliphatic rings. The van der Waals surface area contributed by atoms with Crippen LogP contribution in [0.1, 0.15) is 16.8 Å². The van der Waals surface area contributed by atoms with E-state index >= 15 is 0 Å². The van der Waals surface area contributed by atoms with Crippen molar-refractivity contribution < 1.29 is 0 Å². The number of nitrogens with one attached hydrogen (secondary N) is 1. The van der Waals surface area contributed by atoms with Crippen molar-refractivity contribution in [2.75, 3.05) is 5.32 Å². The lowest BCUT2D eigenvalue weighted by atomic mass is 10.1. The molecule has 18 heavy (non-hydrogen) atoms. The SMILES string of the molecule is Cc1cc(C)c(C(N)=S)c(Nc2cccnc2)n1. The van der Waals surface area contributed by atoms with Crippen molar-refractivity contribution >= 4 is 28.7 Å². The number of aryl methyl sites for hydroxylation is 2. The molecule has 0 aromatic carbocycles. The van der Waals surface area contributed by atoms with Gasteiger partial charge in [0, 0.05) is 11.9 Å². The molecule has 0 unspecified atom stereocenters. The fraction of sp³-hybridized carbons (Fsp3) is 0.154. The van der Waals surface area contributed by atoms with E-state index in [0.717, 1.165) is 22.5 Å². The zero-order valence-electron chi connectivity index (χ0n) is 10.3. The number of hydrogen-bond donors (Lipinski definition) is 2. The lowest BCUT2D eigenvalue weighted by Gasteiger charge is -2.13. The first kappa shape index (κ1) is 12.4. The minimum absolute atomic E-state index is 0.339. The smallest absolute Gasteiger partial charge is 0.141 e. The van der Waals surface area contributed by atoms with Gasteiger partial charge in [0.2, 0.25) is 0 Å². The van der Waals surface area contributed by atoms with Crippen LogP contribution in [0.4, 0.5) is 11.5 Å². The predicted octanol–water partition coefficient (Wildman–Crippen LogP) is 2.47. The van der Waals surface area contributed by atoms with Gasteiger partial charge in [0.05, 0.1) is 17.4 Å². The molecule has 2 aromatic rings. The maximum atomic E-state index is 5.75. The lowest BCUT2D eigenvalue weighted by molar-refractivity contribution is 1.16. The fourth-order valence-electron chi connectivity index (χ4n) is 1.81. The summed E-state index contributed by atoms with van der Waals surface area (Å²) in [6.07, 6.45) is 3.44. The molecule has 0 fully saturated rings. The lowest BCUT2D eigenvalue weighted by Crippen LogP contribution is -2.15. The number of nitrogens with two attached hydrogens (primary N) is 1. The molecule has 0 bridgehead atoms.